The third-order valence-electron chi connectivity index (χ3n) is 4.77. The minimum absolute atomic E-state index is 0.196. The van der Waals surface area contributed by atoms with Gasteiger partial charge in [0.05, 0.1) is 12.3 Å². The summed E-state index contributed by atoms with van der Waals surface area (Å²) in [7, 11) is 0. The number of hydrogen-bond acceptors (Lipinski definition) is 7. The van der Waals surface area contributed by atoms with Crippen molar-refractivity contribution in [1.82, 2.24) is 4.98 Å². The largest absolute Gasteiger partial charge is 0.494 e. The fraction of sp³-hybridized carbons (Fsp3) is 0.208. The Morgan fingerprint density at radius 3 is 2.56 bits per heavy atom. The highest BCUT2D eigenvalue weighted by Gasteiger charge is 2.13. The van der Waals surface area contributed by atoms with E-state index >= 15 is 0 Å². The Bertz CT molecular complexity index is 1320. The van der Waals surface area contributed by atoms with Crippen molar-refractivity contribution < 1.29 is 18.7 Å². The lowest BCUT2D eigenvalue weighted by molar-refractivity contribution is -0.118. The van der Waals surface area contributed by atoms with E-state index in [1.165, 1.54) is 17.4 Å². The zero-order valence-corrected chi connectivity index (χ0v) is 18.7. The van der Waals surface area contributed by atoms with Crippen molar-refractivity contribution >= 4 is 33.3 Å². The number of ether oxygens (including phenoxy) is 2. The predicted octanol–water partition coefficient (Wildman–Crippen LogP) is 4.95. The van der Waals surface area contributed by atoms with Crippen LogP contribution in [0, 0.1) is 13.8 Å². The average molecular weight is 451 g/mol. The first-order valence-electron chi connectivity index (χ1n) is 10.1. The molecule has 0 spiro atoms. The van der Waals surface area contributed by atoms with Crippen molar-refractivity contribution in [1.29, 1.82) is 0 Å². The van der Waals surface area contributed by atoms with Gasteiger partial charge in [-0.2, -0.15) is 0 Å². The monoisotopic (exact) mass is 450 g/mol. The van der Waals surface area contributed by atoms with Crippen LogP contribution in [0.3, 0.4) is 0 Å². The lowest BCUT2D eigenvalue weighted by Gasteiger charge is -2.07. The van der Waals surface area contributed by atoms with Crippen LogP contribution in [-0.2, 0) is 4.79 Å². The van der Waals surface area contributed by atoms with Crippen LogP contribution in [0.1, 0.15) is 17.4 Å². The lowest BCUT2D eigenvalue weighted by Crippen LogP contribution is -2.20. The summed E-state index contributed by atoms with van der Waals surface area (Å²) < 4.78 is 16.3. The molecule has 4 rings (SSSR count). The molecule has 0 radical (unpaired) electrons. The molecule has 0 aliphatic heterocycles. The summed E-state index contributed by atoms with van der Waals surface area (Å²) in [5.41, 5.74) is 2.58. The van der Waals surface area contributed by atoms with Gasteiger partial charge in [0.1, 0.15) is 17.1 Å². The van der Waals surface area contributed by atoms with Crippen LogP contribution in [0.2, 0.25) is 0 Å². The molecular weight excluding hydrogens is 428 g/mol. The SMILES string of the molecule is CCOc1ccc(-c2nc(NC(=O)COc3ccc4c(C)cc(=O)oc4c3)sc2C)cc1. The highest BCUT2D eigenvalue weighted by molar-refractivity contribution is 7.16. The molecule has 4 aromatic rings. The Balaban J connectivity index is 1.41. The molecule has 0 bridgehead atoms. The van der Waals surface area contributed by atoms with Gasteiger partial charge in [0, 0.05) is 28.0 Å². The van der Waals surface area contributed by atoms with Crippen LogP contribution < -0.4 is 20.4 Å². The van der Waals surface area contributed by atoms with E-state index < -0.39 is 5.63 Å². The quantitative estimate of drug-likeness (QED) is 0.401. The lowest BCUT2D eigenvalue weighted by atomic mass is 10.1. The van der Waals surface area contributed by atoms with Crippen molar-refractivity contribution in [3.05, 3.63) is 69.4 Å². The summed E-state index contributed by atoms with van der Waals surface area (Å²) in [4.78, 5) is 29.5. The topological polar surface area (TPSA) is 90.7 Å². The number of rotatable bonds is 7. The molecule has 0 saturated carbocycles. The van der Waals surface area contributed by atoms with E-state index in [1.54, 1.807) is 18.2 Å². The van der Waals surface area contributed by atoms with E-state index in [9.17, 15) is 9.59 Å². The molecule has 0 aliphatic rings. The first-order valence-corrected chi connectivity index (χ1v) is 10.9. The number of nitrogens with one attached hydrogen (secondary N) is 1. The number of anilines is 1. The van der Waals surface area contributed by atoms with E-state index in [-0.39, 0.29) is 12.5 Å². The van der Waals surface area contributed by atoms with Gasteiger partial charge < -0.3 is 13.9 Å². The smallest absolute Gasteiger partial charge is 0.336 e. The maximum atomic E-state index is 12.4. The highest BCUT2D eigenvalue weighted by atomic mass is 32.1. The van der Waals surface area contributed by atoms with Gasteiger partial charge in [-0.1, -0.05) is 0 Å². The number of benzene rings is 2. The van der Waals surface area contributed by atoms with Gasteiger partial charge in [-0.05, 0) is 62.7 Å². The molecule has 1 amide bonds. The van der Waals surface area contributed by atoms with E-state index in [0.717, 1.165) is 32.8 Å². The Morgan fingerprint density at radius 2 is 1.81 bits per heavy atom. The summed E-state index contributed by atoms with van der Waals surface area (Å²) >= 11 is 1.40. The van der Waals surface area contributed by atoms with Crippen LogP contribution in [0.4, 0.5) is 5.13 Å². The zero-order valence-electron chi connectivity index (χ0n) is 17.9. The summed E-state index contributed by atoms with van der Waals surface area (Å²) in [6.07, 6.45) is 0. The number of aromatic nitrogens is 1. The number of nitrogens with zero attached hydrogens (tertiary/aromatic N) is 1. The van der Waals surface area contributed by atoms with E-state index in [2.05, 4.69) is 10.3 Å². The summed E-state index contributed by atoms with van der Waals surface area (Å²) in [6.45, 7) is 6.15. The fourth-order valence-corrected chi connectivity index (χ4v) is 4.14. The molecule has 0 aliphatic carbocycles. The van der Waals surface area contributed by atoms with Crippen LogP contribution in [0.25, 0.3) is 22.2 Å². The molecule has 2 aromatic heterocycles. The van der Waals surface area contributed by atoms with Crippen molar-refractivity contribution in [3.63, 3.8) is 0 Å². The maximum Gasteiger partial charge on any atom is 0.336 e. The molecule has 164 valence electrons. The van der Waals surface area contributed by atoms with E-state index in [4.69, 9.17) is 13.9 Å². The Labute approximate surface area is 188 Å². The number of carbonyl (C=O) groups is 1. The normalized spacial score (nSPS) is 10.8. The number of hydrogen-bond donors (Lipinski definition) is 1. The summed E-state index contributed by atoms with van der Waals surface area (Å²) in [6, 6.07) is 14.3. The molecule has 7 nitrogen and oxygen atoms in total. The van der Waals surface area contributed by atoms with Crippen molar-refractivity contribution in [2.24, 2.45) is 0 Å². The highest BCUT2D eigenvalue weighted by Crippen LogP contribution is 2.31. The van der Waals surface area contributed by atoms with Gasteiger partial charge in [-0.25, -0.2) is 9.78 Å². The van der Waals surface area contributed by atoms with Crippen molar-refractivity contribution in [3.8, 4) is 22.8 Å². The number of aryl methyl sites for hydroxylation is 2. The van der Waals surface area contributed by atoms with Crippen LogP contribution in [-0.4, -0.2) is 24.1 Å². The third kappa shape index (κ3) is 4.81. The molecule has 0 atom stereocenters. The van der Waals surface area contributed by atoms with E-state index in [1.807, 2.05) is 45.0 Å². The number of thiazole rings is 1. The van der Waals surface area contributed by atoms with Crippen LogP contribution in [0.5, 0.6) is 11.5 Å². The second-order valence-electron chi connectivity index (χ2n) is 7.12. The molecule has 1 N–H and O–H groups in total. The van der Waals surface area contributed by atoms with Crippen LogP contribution >= 0.6 is 11.3 Å². The molecular formula is C24H22N2O5S. The third-order valence-corrected chi connectivity index (χ3v) is 5.66. The minimum Gasteiger partial charge on any atom is -0.494 e. The number of fused-ring (bicyclic) bond motifs is 1. The van der Waals surface area contributed by atoms with Gasteiger partial charge in [0.15, 0.2) is 11.7 Å². The van der Waals surface area contributed by atoms with Gasteiger partial charge >= 0.3 is 5.63 Å². The first kappa shape index (κ1) is 21.6. The number of carbonyl (C=O) groups excluding carboxylic acids is 1. The molecule has 0 saturated heterocycles. The minimum atomic E-state index is -0.424. The van der Waals surface area contributed by atoms with Gasteiger partial charge in [0.25, 0.3) is 5.91 Å². The molecule has 0 fully saturated rings. The number of amides is 1. The first-order chi connectivity index (χ1) is 15.4. The Hall–Kier alpha value is -3.65. The van der Waals surface area contributed by atoms with Gasteiger partial charge in [0.2, 0.25) is 0 Å². The molecule has 0 unspecified atom stereocenters. The van der Waals surface area contributed by atoms with Gasteiger partial charge in [-0.15, -0.1) is 11.3 Å². The van der Waals surface area contributed by atoms with Crippen molar-refractivity contribution in [2.45, 2.75) is 20.8 Å². The second kappa shape index (κ2) is 9.23. The molecule has 2 aromatic carbocycles. The van der Waals surface area contributed by atoms with Crippen LogP contribution in [0.15, 0.2) is 57.7 Å². The van der Waals surface area contributed by atoms with Crippen molar-refractivity contribution in [2.75, 3.05) is 18.5 Å². The maximum absolute atomic E-state index is 12.4. The predicted molar refractivity (Wildman–Crippen MR) is 125 cm³/mol. The fourth-order valence-electron chi connectivity index (χ4n) is 3.29. The van der Waals surface area contributed by atoms with E-state index in [0.29, 0.717) is 23.1 Å². The standard InChI is InChI=1S/C24H22N2O5S/c1-4-29-17-7-5-16(6-8-17)23-15(3)32-24(26-23)25-21(27)13-30-18-9-10-19-14(2)11-22(28)31-20(19)12-18/h5-12H,4,13H2,1-3H3,(H,25,26,27). The average Bonchev–Trinajstić information content (AvgIpc) is 3.12. The Kier molecular flexibility index (Phi) is 6.23. The molecule has 32 heavy (non-hydrogen) atoms. The Morgan fingerprint density at radius 1 is 1.06 bits per heavy atom. The molecule has 2 heterocycles. The second-order valence-corrected chi connectivity index (χ2v) is 8.33. The molecule has 8 heteroatoms. The van der Waals surface area contributed by atoms with Gasteiger partial charge in [-0.3, -0.25) is 10.1 Å². The summed E-state index contributed by atoms with van der Waals surface area (Å²) in [5, 5.41) is 4.10. The summed E-state index contributed by atoms with van der Waals surface area (Å²) in [5.74, 6) is 0.910. The zero-order chi connectivity index (χ0) is 22.7.